The molecule has 5 nitrogen and oxygen atoms in total. The van der Waals surface area contributed by atoms with Crippen molar-refractivity contribution in [3.63, 3.8) is 0 Å². The van der Waals surface area contributed by atoms with Crippen LogP contribution in [0.25, 0.3) is 0 Å². The van der Waals surface area contributed by atoms with Crippen LogP contribution in [-0.2, 0) is 9.53 Å². The summed E-state index contributed by atoms with van der Waals surface area (Å²) in [6.07, 6.45) is 0.565. The van der Waals surface area contributed by atoms with E-state index in [9.17, 15) is 14.0 Å². The van der Waals surface area contributed by atoms with Crippen LogP contribution in [-0.4, -0.2) is 37.0 Å². The zero-order valence-electron chi connectivity index (χ0n) is 10.6. The Balaban J connectivity index is 2.09. The van der Waals surface area contributed by atoms with Gasteiger partial charge < -0.3 is 15.4 Å². The van der Waals surface area contributed by atoms with E-state index in [1.165, 1.54) is 24.1 Å². The number of likely N-dealkylation sites (tertiary alicyclic amines) is 1. The maximum Gasteiger partial charge on any atom is 0.310 e. The van der Waals surface area contributed by atoms with E-state index in [-0.39, 0.29) is 29.0 Å². The van der Waals surface area contributed by atoms with E-state index in [0.29, 0.717) is 19.5 Å². The van der Waals surface area contributed by atoms with Gasteiger partial charge in [-0.3, -0.25) is 9.59 Å². The van der Waals surface area contributed by atoms with Crippen LogP contribution in [0, 0.1) is 11.7 Å². The summed E-state index contributed by atoms with van der Waals surface area (Å²) in [6, 6.07) is 3.95. The Morgan fingerprint density at radius 1 is 1.47 bits per heavy atom. The zero-order valence-corrected chi connectivity index (χ0v) is 10.6. The Morgan fingerprint density at radius 3 is 2.84 bits per heavy atom. The average molecular weight is 266 g/mol. The number of nitrogens with zero attached hydrogens (tertiary/aromatic N) is 1. The van der Waals surface area contributed by atoms with Gasteiger partial charge in [0, 0.05) is 18.7 Å². The first kappa shape index (κ1) is 13.3. The monoisotopic (exact) mass is 266 g/mol. The number of amides is 1. The summed E-state index contributed by atoms with van der Waals surface area (Å²) in [5.41, 5.74) is 5.60. The molecule has 0 aliphatic carbocycles. The van der Waals surface area contributed by atoms with Gasteiger partial charge in [0.15, 0.2) is 0 Å². The number of anilines is 1. The highest BCUT2D eigenvalue weighted by Crippen LogP contribution is 2.21. The fourth-order valence-electron chi connectivity index (χ4n) is 2.15. The van der Waals surface area contributed by atoms with E-state index in [0.717, 1.165) is 6.07 Å². The molecule has 0 bridgehead atoms. The third-order valence-electron chi connectivity index (χ3n) is 3.26. The summed E-state index contributed by atoms with van der Waals surface area (Å²) in [4.78, 5) is 25.0. The molecule has 1 aliphatic rings. The molecule has 102 valence electrons. The van der Waals surface area contributed by atoms with Gasteiger partial charge in [0.1, 0.15) is 5.82 Å². The van der Waals surface area contributed by atoms with E-state index < -0.39 is 5.82 Å². The van der Waals surface area contributed by atoms with Crippen LogP contribution in [0.5, 0.6) is 0 Å². The number of halogens is 1. The molecule has 2 rings (SSSR count). The van der Waals surface area contributed by atoms with Crippen molar-refractivity contribution in [2.24, 2.45) is 5.92 Å². The van der Waals surface area contributed by atoms with Crippen LogP contribution in [0.2, 0.25) is 0 Å². The molecule has 0 aromatic heterocycles. The predicted octanol–water partition coefficient (Wildman–Crippen LogP) is 1.04. The van der Waals surface area contributed by atoms with Crippen LogP contribution in [0.1, 0.15) is 16.8 Å². The van der Waals surface area contributed by atoms with Gasteiger partial charge in [-0.15, -0.1) is 0 Å². The highest BCUT2D eigenvalue weighted by Gasteiger charge is 2.32. The highest BCUT2D eigenvalue weighted by molar-refractivity contribution is 5.95. The molecule has 1 aliphatic heterocycles. The minimum absolute atomic E-state index is 0.00501. The molecule has 0 saturated carbocycles. The van der Waals surface area contributed by atoms with Crippen LogP contribution in [0.4, 0.5) is 10.1 Å². The van der Waals surface area contributed by atoms with Crippen molar-refractivity contribution in [3.05, 3.63) is 29.6 Å². The molecule has 0 spiro atoms. The lowest BCUT2D eigenvalue weighted by Gasteiger charge is -2.16. The van der Waals surface area contributed by atoms with Crippen LogP contribution >= 0.6 is 0 Å². The summed E-state index contributed by atoms with van der Waals surface area (Å²) in [5.74, 6) is -1.54. The molecule has 1 aromatic carbocycles. The summed E-state index contributed by atoms with van der Waals surface area (Å²) in [6.45, 7) is 0.766. The second kappa shape index (κ2) is 5.26. The number of nitrogen functional groups attached to an aromatic ring is 1. The summed E-state index contributed by atoms with van der Waals surface area (Å²) in [7, 11) is 1.32. The molecule has 19 heavy (non-hydrogen) atoms. The van der Waals surface area contributed by atoms with Crippen molar-refractivity contribution < 1.29 is 18.7 Å². The fourth-order valence-corrected chi connectivity index (χ4v) is 2.15. The number of methoxy groups -OCH3 is 1. The van der Waals surface area contributed by atoms with E-state index in [2.05, 4.69) is 4.74 Å². The second-order valence-corrected chi connectivity index (χ2v) is 4.50. The van der Waals surface area contributed by atoms with Gasteiger partial charge in [0.25, 0.3) is 5.91 Å². The van der Waals surface area contributed by atoms with Gasteiger partial charge >= 0.3 is 5.97 Å². The van der Waals surface area contributed by atoms with Gasteiger partial charge in [-0.25, -0.2) is 4.39 Å². The summed E-state index contributed by atoms with van der Waals surface area (Å²) in [5, 5.41) is 0. The SMILES string of the molecule is COC(=O)C1CCN(C(=O)c2ccc(N)c(F)c2)C1. The lowest BCUT2D eigenvalue weighted by atomic mass is 10.1. The fraction of sp³-hybridized carbons (Fsp3) is 0.385. The van der Waals surface area contributed by atoms with Crippen molar-refractivity contribution in [2.45, 2.75) is 6.42 Å². The molecule has 2 N–H and O–H groups in total. The minimum atomic E-state index is -0.616. The maximum absolute atomic E-state index is 13.3. The number of hydrogen-bond acceptors (Lipinski definition) is 4. The van der Waals surface area contributed by atoms with Crippen LogP contribution < -0.4 is 5.73 Å². The van der Waals surface area contributed by atoms with E-state index in [4.69, 9.17) is 5.73 Å². The second-order valence-electron chi connectivity index (χ2n) is 4.50. The number of carbonyl (C=O) groups excluding carboxylic acids is 2. The first-order valence-corrected chi connectivity index (χ1v) is 5.95. The maximum atomic E-state index is 13.3. The number of nitrogens with two attached hydrogens (primary N) is 1. The lowest BCUT2D eigenvalue weighted by Crippen LogP contribution is -2.30. The smallest absolute Gasteiger partial charge is 0.310 e. The van der Waals surface area contributed by atoms with Crippen molar-refractivity contribution in [1.29, 1.82) is 0 Å². The van der Waals surface area contributed by atoms with E-state index >= 15 is 0 Å². The number of hydrogen-bond donors (Lipinski definition) is 1. The Kier molecular flexibility index (Phi) is 3.69. The van der Waals surface area contributed by atoms with E-state index in [1.54, 1.807) is 0 Å². The van der Waals surface area contributed by atoms with E-state index in [1.807, 2.05) is 0 Å². The molecule has 1 saturated heterocycles. The van der Waals surface area contributed by atoms with Gasteiger partial charge in [-0.05, 0) is 24.6 Å². The Labute approximate surface area is 110 Å². The van der Waals surface area contributed by atoms with Crippen LogP contribution in [0.15, 0.2) is 18.2 Å². The number of benzene rings is 1. The highest BCUT2D eigenvalue weighted by atomic mass is 19.1. The van der Waals surface area contributed by atoms with Gasteiger partial charge in [0.05, 0.1) is 18.7 Å². The van der Waals surface area contributed by atoms with Gasteiger partial charge in [-0.2, -0.15) is 0 Å². The predicted molar refractivity (Wildman–Crippen MR) is 66.8 cm³/mol. The quantitative estimate of drug-likeness (QED) is 0.641. The summed E-state index contributed by atoms with van der Waals surface area (Å²) >= 11 is 0. The average Bonchev–Trinajstić information content (AvgIpc) is 2.89. The van der Waals surface area contributed by atoms with Crippen molar-refractivity contribution >= 4 is 17.6 Å². The molecular formula is C13H15FN2O3. The number of rotatable bonds is 2. The van der Waals surface area contributed by atoms with Gasteiger partial charge in [0.2, 0.25) is 0 Å². The van der Waals surface area contributed by atoms with Crippen molar-refractivity contribution in [1.82, 2.24) is 4.90 Å². The molecule has 6 heteroatoms. The molecule has 1 unspecified atom stereocenters. The summed E-state index contributed by atoms with van der Waals surface area (Å²) < 4.78 is 18.0. The third kappa shape index (κ3) is 2.67. The molecule has 1 atom stereocenters. The van der Waals surface area contributed by atoms with Crippen molar-refractivity contribution in [3.8, 4) is 0 Å². The van der Waals surface area contributed by atoms with Crippen molar-refractivity contribution in [2.75, 3.05) is 25.9 Å². The Morgan fingerprint density at radius 2 is 2.21 bits per heavy atom. The standard InChI is InChI=1S/C13H15FN2O3/c1-19-13(18)9-4-5-16(7-9)12(17)8-2-3-11(15)10(14)6-8/h2-3,6,9H,4-5,7,15H2,1H3. The number of carbonyl (C=O) groups is 2. The number of ether oxygens (including phenoxy) is 1. The lowest BCUT2D eigenvalue weighted by molar-refractivity contribution is -0.144. The normalized spacial score (nSPS) is 18.4. The molecular weight excluding hydrogens is 251 g/mol. The molecule has 1 fully saturated rings. The first-order chi connectivity index (χ1) is 9.02. The molecule has 1 heterocycles. The molecule has 0 radical (unpaired) electrons. The largest absolute Gasteiger partial charge is 0.469 e. The Hall–Kier alpha value is -2.11. The third-order valence-corrected chi connectivity index (χ3v) is 3.26. The topological polar surface area (TPSA) is 72.6 Å². The zero-order chi connectivity index (χ0) is 14.0. The van der Waals surface area contributed by atoms with Crippen LogP contribution in [0.3, 0.4) is 0 Å². The minimum Gasteiger partial charge on any atom is -0.469 e. The first-order valence-electron chi connectivity index (χ1n) is 5.95. The molecule has 1 amide bonds. The molecule has 1 aromatic rings. The number of esters is 1. The van der Waals surface area contributed by atoms with Gasteiger partial charge in [-0.1, -0.05) is 0 Å². The Bertz CT molecular complexity index is 519.